The molecule has 2 saturated carbocycles. The molecule has 5 rings (SSSR count). The van der Waals surface area contributed by atoms with Crippen LogP contribution < -0.4 is 5.56 Å². The lowest BCUT2D eigenvalue weighted by atomic mass is 9.84. The Labute approximate surface area is 188 Å². The lowest BCUT2D eigenvalue weighted by molar-refractivity contribution is -0.139. The minimum atomic E-state index is -0.0827. The highest BCUT2D eigenvalue weighted by atomic mass is 16.5. The first-order valence-electron chi connectivity index (χ1n) is 12.3. The summed E-state index contributed by atoms with van der Waals surface area (Å²) in [5.74, 6) is 1.33. The summed E-state index contributed by atoms with van der Waals surface area (Å²) in [6, 6.07) is 0. The number of H-pyrrole nitrogens is 1. The summed E-state index contributed by atoms with van der Waals surface area (Å²) in [6.07, 6.45) is 8.43. The van der Waals surface area contributed by atoms with Crippen molar-refractivity contribution >= 4 is 11.8 Å². The highest BCUT2D eigenvalue weighted by molar-refractivity contribution is 5.80. The third kappa shape index (κ3) is 4.09. The third-order valence-electron chi connectivity index (χ3n) is 8.05. The summed E-state index contributed by atoms with van der Waals surface area (Å²) >= 11 is 0. The van der Waals surface area contributed by atoms with Gasteiger partial charge in [0.05, 0.1) is 18.3 Å². The molecule has 3 heterocycles. The zero-order valence-corrected chi connectivity index (χ0v) is 19.0. The Hall–Kier alpha value is -2.22. The van der Waals surface area contributed by atoms with Gasteiger partial charge in [-0.3, -0.25) is 14.4 Å². The summed E-state index contributed by atoms with van der Waals surface area (Å²) in [5, 5.41) is 0. The standard InChI is InChI=1S/C24H34N4O4/c1-32-18-7-3-6-16(12-18)24(31)27-10-8-17(13-27)21-25-20-14-28(23(30)15-4-2-5-15)11-9-19(20)22(29)26-21/h15-18H,2-14H2,1H3,(H,25,26,29)/t16-,17+,18-/m1/s1. The predicted octanol–water partition coefficient (Wildman–Crippen LogP) is 1.98. The molecule has 0 aromatic carbocycles. The van der Waals surface area contributed by atoms with Crippen LogP contribution in [0.2, 0.25) is 0 Å². The Kier molecular flexibility index (Phi) is 6.05. The van der Waals surface area contributed by atoms with Crippen molar-refractivity contribution in [1.29, 1.82) is 0 Å². The Balaban J connectivity index is 1.27. The van der Waals surface area contributed by atoms with E-state index in [0.29, 0.717) is 44.0 Å². The SMILES string of the molecule is CO[C@@H]1CCC[C@@H](C(=O)N2CC[C@H](c3nc4c(c(=O)[nH]3)CCN(C(=O)C3CCC3)C4)C2)C1. The molecule has 1 aromatic heterocycles. The van der Waals surface area contributed by atoms with Gasteiger partial charge in [0.1, 0.15) is 5.82 Å². The Morgan fingerprint density at radius 2 is 1.75 bits per heavy atom. The molecule has 2 aliphatic carbocycles. The van der Waals surface area contributed by atoms with E-state index in [0.717, 1.165) is 57.1 Å². The highest BCUT2D eigenvalue weighted by Gasteiger charge is 2.36. The van der Waals surface area contributed by atoms with E-state index in [4.69, 9.17) is 9.72 Å². The molecular weight excluding hydrogens is 408 g/mol. The van der Waals surface area contributed by atoms with Gasteiger partial charge >= 0.3 is 0 Å². The van der Waals surface area contributed by atoms with Gasteiger partial charge in [-0.05, 0) is 44.9 Å². The molecule has 1 N–H and O–H groups in total. The second-order valence-corrected chi connectivity index (χ2v) is 10.0. The molecule has 4 aliphatic rings. The predicted molar refractivity (Wildman–Crippen MR) is 118 cm³/mol. The molecular formula is C24H34N4O4. The lowest BCUT2D eigenvalue weighted by Gasteiger charge is -2.34. The Morgan fingerprint density at radius 1 is 1.00 bits per heavy atom. The van der Waals surface area contributed by atoms with Crippen LogP contribution in [0.15, 0.2) is 4.79 Å². The normalized spacial score (nSPS) is 28.3. The van der Waals surface area contributed by atoms with Crippen LogP contribution in [0.25, 0.3) is 0 Å². The van der Waals surface area contributed by atoms with E-state index in [-0.39, 0.29) is 41.2 Å². The molecule has 1 aromatic rings. The average molecular weight is 443 g/mol. The van der Waals surface area contributed by atoms with Crippen LogP contribution in [0, 0.1) is 11.8 Å². The van der Waals surface area contributed by atoms with Crippen LogP contribution >= 0.6 is 0 Å². The number of methoxy groups -OCH3 is 1. The van der Waals surface area contributed by atoms with Crippen LogP contribution in [0.3, 0.4) is 0 Å². The van der Waals surface area contributed by atoms with Crippen molar-refractivity contribution in [3.63, 3.8) is 0 Å². The van der Waals surface area contributed by atoms with E-state index in [1.807, 2.05) is 9.80 Å². The molecule has 2 amide bonds. The Bertz CT molecular complexity index is 940. The molecule has 8 heteroatoms. The number of rotatable bonds is 4. The molecule has 0 unspecified atom stereocenters. The topological polar surface area (TPSA) is 95.6 Å². The first-order valence-corrected chi connectivity index (χ1v) is 12.3. The minimum absolute atomic E-state index is 0.0362. The molecule has 8 nitrogen and oxygen atoms in total. The maximum atomic E-state index is 13.1. The number of ether oxygens (including phenoxy) is 1. The van der Waals surface area contributed by atoms with Crippen molar-refractivity contribution in [1.82, 2.24) is 19.8 Å². The fraction of sp³-hybridized carbons (Fsp3) is 0.750. The van der Waals surface area contributed by atoms with E-state index < -0.39 is 0 Å². The first kappa shape index (κ1) is 21.6. The fourth-order valence-corrected chi connectivity index (χ4v) is 5.78. The van der Waals surface area contributed by atoms with Crippen LogP contribution in [0.5, 0.6) is 0 Å². The monoisotopic (exact) mass is 442 g/mol. The lowest BCUT2D eigenvalue weighted by Crippen LogP contribution is -2.43. The number of carbonyl (C=O) groups is 2. The van der Waals surface area contributed by atoms with E-state index in [1.165, 1.54) is 0 Å². The summed E-state index contributed by atoms with van der Waals surface area (Å²) in [6.45, 7) is 2.32. The minimum Gasteiger partial charge on any atom is -0.381 e. The summed E-state index contributed by atoms with van der Waals surface area (Å²) in [5.41, 5.74) is 1.37. The number of hydrogen-bond acceptors (Lipinski definition) is 5. The van der Waals surface area contributed by atoms with E-state index in [9.17, 15) is 14.4 Å². The van der Waals surface area contributed by atoms with Gasteiger partial charge in [0.2, 0.25) is 11.8 Å². The van der Waals surface area contributed by atoms with Gasteiger partial charge in [0, 0.05) is 50.1 Å². The summed E-state index contributed by atoms with van der Waals surface area (Å²) < 4.78 is 5.49. The second-order valence-electron chi connectivity index (χ2n) is 10.0. The number of carbonyl (C=O) groups excluding carboxylic acids is 2. The molecule has 174 valence electrons. The zero-order chi connectivity index (χ0) is 22.2. The van der Waals surface area contributed by atoms with Crippen LogP contribution in [0.4, 0.5) is 0 Å². The second kappa shape index (κ2) is 8.96. The number of fused-ring (bicyclic) bond motifs is 1. The average Bonchev–Trinajstić information content (AvgIpc) is 3.27. The smallest absolute Gasteiger partial charge is 0.254 e. The molecule has 3 atom stereocenters. The zero-order valence-electron chi connectivity index (χ0n) is 19.0. The van der Waals surface area contributed by atoms with Crippen LogP contribution in [-0.2, 0) is 27.3 Å². The van der Waals surface area contributed by atoms with Crippen molar-refractivity contribution in [2.75, 3.05) is 26.7 Å². The highest BCUT2D eigenvalue weighted by Crippen LogP contribution is 2.32. The molecule has 0 radical (unpaired) electrons. The van der Waals surface area contributed by atoms with Crippen molar-refractivity contribution in [3.05, 3.63) is 27.4 Å². The van der Waals surface area contributed by atoms with Gasteiger partial charge in [-0.15, -0.1) is 0 Å². The summed E-state index contributed by atoms with van der Waals surface area (Å²) in [4.78, 5) is 50.2. The van der Waals surface area contributed by atoms with Gasteiger partial charge in [0.15, 0.2) is 0 Å². The van der Waals surface area contributed by atoms with E-state index in [2.05, 4.69) is 4.98 Å². The Morgan fingerprint density at radius 3 is 2.50 bits per heavy atom. The molecule has 2 aliphatic heterocycles. The van der Waals surface area contributed by atoms with Gasteiger partial charge in [-0.25, -0.2) is 4.98 Å². The van der Waals surface area contributed by atoms with Crippen molar-refractivity contribution < 1.29 is 14.3 Å². The first-order chi connectivity index (χ1) is 15.5. The van der Waals surface area contributed by atoms with Gasteiger partial charge in [-0.2, -0.15) is 0 Å². The number of aromatic nitrogens is 2. The quantitative estimate of drug-likeness (QED) is 0.769. The maximum absolute atomic E-state index is 13.1. The summed E-state index contributed by atoms with van der Waals surface area (Å²) in [7, 11) is 1.72. The largest absolute Gasteiger partial charge is 0.381 e. The van der Waals surface area contributed by atoms with Crippen LogP contribution in [0.1, 0.15) is 74.4 Å². The molecule has 3 fully saturated rings. The number of hydrogen-bond donors (Lipinski definition) is 1. The van der Waals surface area contributed by atoms with Crippen molar-refractivity contribution in [3.8, 4) is 0 Å². The van der Waals surface area contributed by atoms with Crippen LogP contribution in [-0.4, -0.2) is 64.4 Å². The number of nitrogens with one attached hydrogen (secondary N) is 1. The third-order valence-corrected chi connectivity index (χ3v) is 8.05. The molecule has 0 spiro atoms. The van der Waals surface area contributed by atoms with Gasteiger partial charge in [0.25, 0.3) is 5.56 Å². The van der Waals surface area contributed by atoms with Crippen molar-refractivity contribution in [2.45, 2.75) is 76.4 Å². The maximum Gasteiger partial charge on any atom is 0.254 e. The molecule has 0 bridgehead atoms. The van der Waals surface area contributed by atoms with Gasteiger partial charge in [-0.1, -0.05) is 12.8 Å². The number of nitrogens with zero attached hydrogens (tertiary/aromatic N) is 3. The molecule has 32 heavy (non-hydrogen) atoms. The number of likely N-dealkylation sites (tertiary alicyclic amines) is 1. The van der Waals surface area contributed by atoms with E-state index in [1.54, 1.807) is 7.11 Å². The number of aromatic amines is 1. The van der Waals surface area contributed by atoms with Gasteiger partial charge < -0.3 is 19.5 Å². The number of amides is 2. The van der Waals surface area contributed by atoms with Crippen molar-refractivity contribution in [2.24, 2.45) is 11.8 Å². The van der Waals surface area contributed by atoms with E-state index >= 15 is 0 Å². The molecule has 1 saturated heterocycles. The fourth-order valence-electron chi connectivity index (χ4n) is 5.78.